The van der Waals surface area contributed by atoms with Crippen LogP contribution in [0, 0.1) is 0 Å². The van der Waals surface area contributed by atoms with Crippen LogP contribution in [-0.4, -0.2) is 30.9 Å². The Kier molecular flexibility index (Phi) is 4.74. The minimum absolute atomic E-state index is 0.0144. The largest absolute Gasteiger partial charge is 0.366 e. The van der Waals surface area contributed by atoms with Crippen LogP contribution in [0.1, 0.15) is 36.5 Å². The molecule has 1 aliphatic rings. The van der Waals surface area contributed by atoms with E-state index in [0.717, 1.165) is 6.54 Å². The highest BCUT2D eigenvalue weighted by Gasteiger charge is 2.24. The van der Waals surface area contributed by atoms with Gasteiger partial charge in [0.05, 0.1) is 12.6 Å². The fourth-order valence-corrected chi connectivity index (χ4v) is 2.64. The summed E-state index contributed by atoms with van der Waals surface area (Å²) in [5.41, 5.74) is 6.32. The lowest BCUT2D eigenvalue weighted by molar-refractivity contribution is -0.920. The van der Waals surface area contributed by atoms with Crippen molar-refractivity contribution in [3.05, 3.63) is 29.8 Å². The maximum Gasteiger partial charge on any atom is 0.279 e. The maximum absolute atomic E-state index is 12.0. The van der Waals surface area contributed by atoms with Gasteiger partial charge in [0.1, 0.15) is 0 Å². The Morgan fingerprint density at radius 1 is 1.30 bits per heavy atom. The van der Waals surface area contributed by atoms with Gasteiger partial charge in [0.2, 0.25) is 5.91 Å². The van der Waals surface area contributed by atoms with Crippen LogP contribution in [0.4, 0.5) is 5.69 Å². The van der Waals surface area contributed by atoms with Gasteiger partial charge in [-0.25, -0.2) is 0 Å². The summed E-state index contributed by atoms with van der Waals surface area (Å²) in [6.45, 7) is 3.76. The number of hydrogen-bond donors (Lipinski definition) is 3. The van der Waals surface area contributed by atoms with Gasteiger partial charge < -0.3 is 16.0 Å². The zero-order valence-corrected chi connectivity index (χ0v) is 11.8. The molecule has 0 bridgehead atoms. The van der Waals surface area contributed by atoms with Crippen LogP contribution in [0.5, 0.6) is 0 Å². The van der Waals surface area contributed by atoms with E-state index in [9.17, 15) is 9.59 Å². The van der Waals surface area contributed by atoms with Gasteiger partial charge in [0, 0.05) is 11.3 Å². The van der Waals surface area contributed by atoms with E-state index in [0.29, 0.717) is 23.8 Å². The average molecular weight is 276 g/mol. The molecule has 2 atom stereocenters. The number of quaternary nitrogens is 1. The molecule has 2 rings (SSSR count). The predicted octanol–water partition coefficient (Wildman–Crippen LogP) is 0.181. The van der Waals surface area contributed by atoms with Crippen molar-refractivity contribution in [2.75, 3.05) is 18.4 Å². The van der Waals surface area contributed by atoms with Crippen LogP contribution in [0.2, 0.25) is 0 Å². The van der Waals surface area contributed by atoms with E-state index in [2.05, 4.69) is 12.2 Å². The number of carbonyl (C=O) groups is 2. The van der Waals surface area contributed by atoms with Crippen LogP contribution in [0.25, 0.3) is 0 Å². The molecule has 0 aliphatic carbocycles. The number of nitrogens with two attached hydrogens (primary N) is 1. The zero-order valence-electron chi connectivity index (χ0n) is 11.8. The van der Waals surface area contributed by atoms with Crippen molar-refractivity contribution in [2.45, 2.75) is 32.2 Å². The Bertz CT molecular complexity index is 484. The smallest absolute Gasteiger partial charge is 0.279 e. The number of piperidine rings is 1. The van der Waals surface area contributed by atoms with Crippen molar-refractivity contribution >= 4 is 17.5 Å². The third-order valence-electron chi connectivity index (χ3n) is 3.92. The highest BCUT2D eigenvalue weighted by molar-refractivity contribution is 5.95. The second-order valence-electron chi connectivity index (χ2n) is 5.47. The van der Waals surface area contributed by atoms with Crippen LogP contribution in [0.3, 0.4) is 0 Å². The summed E-state index contributed by atoms with van der Waals surface area (Å²) in [7, 11) is 0. The van der Waals surface area contributed by atoms with Crippen LogP contribution < -0.4 is 16.0 Å². The van der Waals surface area contributed by atoms with Crippen LogP contribution in [-0.2, 0) is 4.79 Å². The fraction of sp³-hybridized carbons (Fsp3) is 0.467. The van der Waals surface area contributed by atoms with Crippen molar-refractivity contribution in [2.24, 2.45) is 5.73 Å². The Balaban J connectivity index is 1.89. The molecule has 1 saturated heterocycles. The second kappa shape index (κ2) is 6.52. The molecule has 108 valence electrons. The molecule has 2 amide bonds. The lowest BCUT2D eigenvalue weighted by Crippen LogP contribution is -3.17. The summed E-state index contributed by atoms with van der Waals surface area (Å²) in [6, 6.07) is 7.19. The monoisotopic (exact) mass is 276 g/mol. The number of carbonyl (C=O) groups excluding carboxylic acids is 2. The number of primary amides is 1. The molecular formula is C15H22N3O2+. The van der Waals surface area contributed by atoms with E-state index in [4.69, 9.17) is 5.73 Å². The molecule has 0 radical (unpaired) electrons. The van der Waals surface area contributed by atoms with Gasteiger partial charge in [-0.3, -0.25) is 9.59 Å². The highest BCUT2D eigenvalue weighted by atomic mass is 16.2. The molecule has 5 nitrogen and oxygen atoms in total. The Hall–Kier alpha value is -1.88. The third-order valence-corrected chi connectivity index (χ3v) is 3.92. The van der Waals surface area contributed by atoms with Crippen molar-refractivity contribution in [3.8, 4) is 0 Å². The lowest BCUT2D eigenvalue weighted by Gasteiger charge is -2.29. The van der Waals surface area contributed by atoms with Crippen LogP contribution >= 0.6 is 0 Å². The van der Waals surface area contributed by atoms with Gasteiger partial charge in [0.15, 0.2) is 6.54 Å². The Morgan fingerprint density at radius 2 is 2.00 bits per heavy atom. The number of amides is 2. The molecule has 1 heterocycles. The molecule has 1 aromatic carbocycles. The Morgan fingerprint density at radius 3 is 2.60 bits per heavy atom. The summed E-state index contributed by atoms with van der Waals surface area (Å²) in [5.74, 6) is -0.449. The van der Waals surface area contributed by atoms with Gasteiger partial charge >= 0.3 is 0 Å². The number of likely N-dealkylation sites (tertiary alicyclic amines) is 1. The molecule has 4 N–H and O–H groups in total. The topological polar surface area (TPSA) is 76.6 Å². The lowest BCUT2D eigenvalue weighted by atomic mass is 10.0. The first kappa shape index (κ1) is 14.5. The normalized spacial score (nSPS) is 22.2. The van der Waals surface area contributed by atoms with Gasteiger partial charge in [-0.05, 0) is 50.5 Å². The average Bonchev–Trinajstić information content (AvgIpc) is 2.42. The molecule has 1 unspecified atom stereocenters. The SMILES string of the molecule is C[C@H]1CCCC[NH+]1CC(=O)Nc1ccc(C(N)=O)cc1. The maximum atomic E-state index is 12.0. The molecule has 0 spiro atoms. The van der Waals surface area contributed by atoms with E-state index in [1.807, 2.05) is 0 Å². The fourth-order valence-electron chi connectivity index (χ4n) is 2.64. The van der Waals surface area contributed by atoms with Crippen LogP contribution in [0.15, 0.2) is 24.3 Å². The summed E-state index contributed by atoms with van der Waals surface area (Å²) >= 11 is 0. The molecule has 5 heteroatoms. The van der Waals surface area contributed by atoms with Gasteiger partial charge in [-0.2, -0.15) is 0 Å². The van der Waals surface area contributed by atoms with E-state index in [1.54, 1.807) is 24.3 Å². The molecule has 1 aliphatic heterocycles. The first-order valence-electron chi connectivity index (χ1n) is 7.10. The quantitative estimate of drug-likeness (QED) is 0.734. The van der Waals surface area contributed by atoms with E-state index in [1.165, 1.54) is 24.2 Å². The first-order chi connectivity index (χ1) is 9.56. The Labute approximate surface area is 119 Å². The minimum atomic E-state index is -0.463. The van der Waals surface area contributed by atoms with Gasteiger partial charge in [0.25, 0.3) is 5.91 Å². The first-order valence-corrected chi connectivity index (χ1v) is 7.10. The third kappa shape index (κ3) is 3.81. The number of hydrogen-bond acceptors (Lipinski definition) is 2. The second-order valence-corrected chi connectivity index (χ2v) is 5.47. The highest BCUT2D eigenvalue weighted by Crippen LogP contribution is 2.09. The number of benzene rings is 1. The molecule has 1 fully saturated rings. The zero-order chi connectivity index (χ0) is 14.5. The summed E-state index contributed by atoms with van der Waals surface area (Å²) in [4.78, 5) is 24.3. The molecule has 20 heavy (non-hydrogen) atoms. The molecule has 0 aromatic heterocycles. The summed E-state index contributed by atoms with van der Waals surface area (Å²) in [5, 5.41) is 2.86. The molecular weight excluding hydrogens is 254 g/mol. The summed E-state index contributed by atoms with van der Waals surface area (Å²) in [6.07, 6.45) is 3.65. The predicted molar refractivity (Wildman–Crippen MR) is 77.6 cm³/mol. The van der Waals surface area contributed by atoms with Crippen molar-refractivity contribution in [3.63, 3.8) is 0 Å². The molecule has 1 aromatic rings. The van der Waals surface area contributed by atoms with Crippen molar-refractivity contribution < 1.29 is 14.5 Å². The standard InChI is InChI=1S/C15H21N3O2/c1-11-4-2-3-9-18(11)10-14(19)17-13-7-5-12(6-8-13)15(16)20/h5-8,11H,2-4,9-10H2,1H3,(H2,16,20)(H,17,19)/p+1/t11-/m0/s1. The number of anilines is 1. The van der Waals surface area contributed by atoms with Crippen molar-refractivity contribution in [1.82, 2.24) is 0 Å². The number of nitrogens with one attached hydrogen (secondary N) is 2. The van der Waals surface area contributed by atoms with E-state index >= 15 is 0 Å². The van der Waals surface area contributed by atoms with E-state index < -0.39 is 5.91 Å². The molecule has 0 saturated carbocycles. The van der Waals surface area contributed by atoms with Gasteiger partial charge in [-0.1, -0.05) is 0 Å². The van der Waals surface area contributed by atoms with Gasteiger partial charge in [-0.15, -0.1) is 0 Å². The number of rotatable bonds is 4. The van der Waals surface area contributed by atoms with Crippen molar-refractivity contribution in [1.29, 1.82) is 0 Å². The van der Waals surface area contributed by atoms with E-state index in [-0.39, 0.29) is 5.91 Å². The summed E-state index contributed by atoms with van der Waals surface area (Å²) < 4.78 is 0. The minimum Gasteiger partial charge on any atom is -0.366 e.